The Bertz CT molecular complexity index is 95.7. The van der Waals surface area contributed by atoms with Gasteiger partial charge in [0.25, 0.3) is 0 Å². The van der Waals surface area contributed by atoms with Gasteiger partial charge in [0, 0.05) is 0 Å². The predicted molar refractivity (Wildman–Crippen MR) is 17.1 cm³/mol. The minimum Gasteiger partial charge on any atom is -0.780 e. The molecule has 0 saturated carbocycles. The maximum absolute atomic E-state index is 8.89. The van der Waals surface area contributed by atoms with E-state index in [1.165, 1.54) is 0 Å². The predicted octanol–water partition coefficient (Wildman–Crippen LogP) is -9.99. The second-order valence-corrected chi connectivity index (χ2v) is 2.45. The molecule has 0 spiro atoms. The summed E-state index contributed by atoms with van der Waals surface area (Å²) in [5.41, 5.74) is 0. The Morgan fingerprint density at radius 3 is 1.12 bits per heavy atom. The van der Waals surface area contributed by atoms with Crippen LogP contribution in [0.2, 0.25) is 0 Å². The van der Waals surface area contributed by atoms with E-state index in [2.05, 4.69) is 11.2 Å². The second kappa shape index (κ2) is 10.3. The van der Waals surface area contributed by atoms with Crippen LogP contribution >= 0.6 is 0 Å². The molecular weight excluding hydrogens is 181 g/mol. The molecular formula is Na3O3S2+. The van der Waals surface area contributed by atoms with Gasteiger partial charge < -0.3 is 9.11 Å². The first-order valence-corrected chi connectivity index (χ1v) is 3.00. The van der Waals surface area contributed by atoms with Crippen LogP contribution in [0.25, 0.3) is 0 Å². The summed E-state index contributed by atoms with van der Waals surface area (Å²) < 4.78 is 26.7. The van der Waals surface area contributed by atoms with E-state index in [0.29, 0.717) is 0 Å². The first kappa shape index (κ1) is 22.5. The van der Waals surface area contributed by atoms with Crippen molar-refractivity contribution in [2.75, 3.05) is 0 Å². The van der Waals surface area contributed by atoms with Gasteiger partial charge in [-0.15, -0.1) is 9.05 Å². The molecule has 0 rings (SSSR count). The molecule has 0 N–H and O–H groups in total. The molecule has 0 amide bonds. The van der Waals surface area contributed by atoms with E-state index in [9.17, 15) is 0 Å². The second-order valence-electron chi connectivity index (χ2n) is 0.408. The van der Waals surface area contributed by atoms with E-state index >= 15 is 0 Å². The molecule has 0 aromatic carbocycles. The van der Waals surface area contributed by atoms with Crippen LogP contribution in [-0.2, 0) is 20.2 Å². The molecule has 0 unspecified atom stereocenters. The molecule has 8 heteroatoms. The fraction of sp³-hybridized carbons (Fsp3) is 0. The van der Waals surface area contributed by atoms with Crippen molar-refractivity contribution in [3.05, 3.63) is 0 Å². The zero-order valence-corrected chi connectivity index (χ0v) is 12.7. The smallest absolute Gasteiger partial charge is 0.780 e. The van der Waals surface area contributed by atoms with Crippen LogP contribution in [0.5, 0.6) is 0 Å². The maximum Gasteiger partial charge on any atom is 1.00 e. The van der Waals surface area contributed by atoms with Crippen molar-refractivity contribution in [2.24, 2.45) is 0 Å². The van der Waals surface area contributed by atoms with Crippen LogP contribution in [0.15, 0.2) is 0 Å². The van der Waals surface area contributed by atoms with Gasteiger partial charge in [0.15, 0.2) is 0 Å². The number of rotatable bonds is 0. The average Bonchev–Trinajstić information content (AvgIpc) is 0.722. The first-order valence-electron chi connectivity index (χ1n) is 0.667. The minimum atomic E-state index is -4.33. The molecule has 0 atom stereocenters. The van der Waals surface area contributed by atoms with Crippen molar-refractivity contribution >= 4 is 20.2 Å². The number of hydrogen-bond acceptors (Lipinski definition) is 4. The van der Waals surface area contributed by atoms with Crippen LogP contribution in [0, 0.1) is 0 Å². The molecule has 3 nitrogen and oxygen atoms in total. The van der Waals surface area contributed by atoms with E-state index in [1.807, 2.05) is 0 Å². The minimum absolute atomic E-state index is 0. The summed E-state index contributed by atoms with van der Waals surface area (Å²) in [6.45, 7) is 0. The van der Waals surface area contributed by atoms with Crippen molar-refractivity contribution in [3.63, 3.8) is 0 Å². The third kappa shape index (κ3) is 59.0. The Morgan fingerprint density at radius 2 is 1.12 bits per heavy atom. The van der Waals surface area contributed by atoms with Gasteiger partial charge >= 0.3 is 88.7 Å². The van der Waals surface area contributed by atoms with E-state index < -0.39 is 9.05 Å². The van der Waals surface area contributed by atoms with Gasteiger partial charge in [-0.3, -0.25) is 4.21 Å². The van der Waals surface area contributed by atoms with Gasteiger partial charge in [0.1, 0.15) is 0 Å². The summed E-state index contributed by atoms with van der Waals surface area (Å²) >= 11 is 3.24. The summed E-state index contributed by atoms with van der Waals surface area (Å²) in [6.07, 6.45) is 0. The van der Waals surface area contributed by atoms with E-state index in [0.717, 1.165) is 0 Å². The standard InChI is InChI=1S/3Na.H2O3S2/c;;;1-5(2,3)4/h;;;(H2,1,2,3,4)/q3*+1;/p-2. The van der Waals surface area contributed by atoms with Gasteiger partial charge in [-0.25, -0.2) is 0 Å². The van der Waals surface area contributed by atoms with Crippen molar-refractivity contribution < 1.29 is 102 Å². The Morgan fingerprint density at radius 1 is 1.12 bits per heavy atom. The van der Waals surface area contributed by atoms with E-state index in [1.54, 1.807) is 0 Å². The van der Waals surface area contributed by atoms with Gasteiger partial charge in [0.2, 0.25) is 0 Å². The van der Waals surface area contributed by atoms with Gasteiger partial charge in [0.05, 0.1) is 0 Å². The fourth-order valence-electron chi connectivity index (χ4n) is 0. The molecule has 0 aromatic rings. The zero-order chi connectivity index (χ0) is 4.50. The van der Waals surface area contributed by atoms with Crippen LogP contribution in [0.4, 0.5) is 0 Å². The van der Waals surface area contributed by atoms with Gasteiger partial charge in [-0.1, -0.05) is 0 Å². The normalized spacial score (nSPS) is 7.25. The van der Waals surface area contributed by atoms with E-state index in [4.69, 9.17) is 13.3 Å². The molecule has 0 bridgehead atoms. The Kier molecular flexibility index (Phi) is 28.9. The van der Waals surface area contributed by atoms with Crippen LogP contribution < -0.4 is 88.7 Å². The SMILES string of the molecule is O=S([O-])([O-])=S.[Na+].[Na+].[Na+]. The summed E-state index contributed by atoms with van der Waals surface area (Å²) in [5, 5.41) is 0. The Hall–Kier alpha value is 3.29. The fourth-order valence-corrected chi connectivity index (χ4v) is 0. The van der Waals surface area contributed by atoms with Crippen molar-refractivity contribution in [2.45, 2.75) is 0 Å². The van der Waals surface area contributed by atoms with Crippen LogP contribution in [0.3, 0.4) is 0 Å². The third-order valence-corrected chi connectivity index (χ3v) is 0. The molecule has 0 saturated heterocycles. The van der Waals surface area contributed by atoms with Crippen LogP contribution in [0.1, 0.15) is 0 Å². The van der Waals surface area contributed by atoms with Gasteiger partial charge in [-0.2, -0.15) is 0 Å². The van der Waals surface area contributed by atoms with Crippen molar-refractivity contribution in [3.8, 4) is 0 Å². The number of hydrogen-bond donors (Lipinski definition) is 0. The summed E-state index contributed by atoms with van der Waals surface area (Å²) in [4.78, 5) is 0. The molecule has 0 fully saturated rings. The Balaban J connectivity index is -0.0000000267. The summed E-state index contributed by atoms with van der Waals surface area (Å²) in [5.74, 6) is 0. The first-order chi connectivity index (χ1) is 2.00. The van der Waals surface area contributed by atoms with Crippen LogP contribution in [-0.4, -0.2) is 13.3 Å². The topological polar surface area (TPSA) is 63.2 Å². The van der Waals surface area contributed by atoms with Crippen molar-refractivity contribution in [1.29, 1.82) is 0 Å². The van der Waals surface area contributed by atoms with Gasteiger partial charge in [-0.05, 0) is 11.2 Å². The van der Waals surface area contributed by atoms with E-state index in [-0.39, 0.29) is 88.7 Å². The van der Waals surface area contributed by atoms with Crippen molar-refractivity contribution in [1.82, 2.24) is 0 Å². The molecule has 32 valence electrons. The summed E-state index contributed by atoms with van der Waals surface area (Å²) in [6, 6.07) is 0. The molecule has 0 aliphatic rings. The largest absolute Gasteiger partial charge is 1.00 e. The summed E-state index contributed by atoms with van der Waals surface area (Å²) in [7, 11) is -4.33. The maximum atomic E-state index is 8.89. The average molecular weight is 181 g/mol. The molecule has 0 heterocycles. The Labute approximate surface area is 120 Å². The third-order valence-electron chi connectivity index (χ3n) is 0. The molecule has 0 radical (unpaired) electrons. The molecule has 0 aliphatic heterocycles. The zero-order valence-electron chi connectivity index (χ0n) is 5.04. The molecule has 0 aromatic heterocycles. The monoisotopic (exact) mass is 181 g/mol. The molecule has 0 aliphatic carbocycles. The molecule has 8 heavy (non-hydrogen) atoms. The quantitative estimate of drug-likeness (QED) is 0.348.